The lowest BCUT2D eigenvalue weighted by Gasteiger charge is -2.27. The Morgan fingerprint density at radius 3 is 2.61 bits per heavy atom. The first kappa shape index (κ1) is 19.6. The summed E-state index contributed by atoms with van der Waals surface area (Å²) >= 11 is 1.66. The maximum atomic E-state index is 6.52. The zero-order valence-electron chi connectivity index (χ0n) is 13.0. The van der Waals surface area contributed by atoms with Crippen molar-refractivity contribution < 1.29 is 4.74 Å². The van der Waals surface area contributed by atoms with E-state index in [0.29, 0.717) is 5.82 Å². The monoisotopic (exact) mass is 373 g/mol. The lowest BCUT2D eigenvalue weighted by Crippen LogP contribution is -2.33. The van der Waals surface area contributed by atoms with E-state index >= 15 is 0 Å². The summed E-state index contributed by atoms with van der Waals surface area (Å²) in [4.78, 5) is 1.12. The Kier molecular flexibility index (Phi) is 6.36. The summed E-state index contributed by atoms with van der Waals surface area (Å²) in [6, 6.07) is 10.0. The van der Waals surface area contributed by atoms with Crippen LogP contribution >= 0.6 is 36.2 Å². The lowest BCUT2D eigenvalue weighted by molar-refractivity contribution is 0.396. The highest BCUT2D eigenvalue weighted by Gasteiger charge is 2.27. The molecule has 0 aliphatic carbocycles. The van der Waals surface area contributed by atoms with E-state index in [2.05, 4.69) is 11.4 Å². The van der Waals surface area contributed by atoms with Gasteiger partial charge in [-0.2, -0.15) is 0 Å². The highest BCUT2D eigenvalue weighted by atomic mass is 35.5. The van der Waals surface area contributed by atoms with Crippen LogP contribution in [0.15, 0.2) is 47.3 Å². The fourth-order valence-corrected chi connectivity index (χ4v) is 3.24. The Balaban J connectivity index is 0.00000132. The van der Waals surface area contributed by atoms with Gasteiger partial charge in [0.05, 0.1) is 11.2 Å². The third kappa shape index (κ3) is 3.58. The van der Waals surface area contributed by atoms with Gasteiger partial charge in [0.25, 0.3) is 0 Å². The van der Waals surface area contributed by atoms with Gasteiger partial charge in [-0.25, -0.2) is 0 Å². The molecule has 1 aromatic carbocycles. The van der Waals surface area contributed by atoms with Crippen LogP contribution in [0, 0.1) is 0 Å². The average molecular weight is 374 g/mol. The molecule has 0 spiro atoms. The number of nitrogens with one attached hydrogen (secondary N) is 1. The van der Waals surface area contributed by atoms with Crippen LogP contribution in [0.25, 0.3) is 0 Å². The number of hydrogen-bond acceptors (Lipinski definition) is 5. The molecule has 1 unspecified atom stereocenters. The molecule has 1 aromatic heterocycles. The minimum atomic E-state index is -0.533. The molecule has 4 nitrogen and oxygen atoms in total. The molecule has 0 radical (unpaired) electrons. The van der Waals surface area contributed by atoms with Crippen LogP contribution in [0.4, 0.5) is 5.69 Å². The average Bonchev–Trinajstić information content (AvgIpc) is 3.00. The fraction of sp³-hybridized carbons (Fsp3) is 0.250. The zero-order valence-corrected chi connectivity index (χ0v) is 15.4. The second-order valence-electron chi connectivity index (χ2n) is 5.31. The summed E-state index contributed by atoms with van der Waals surface area (Å²) in [5, 5.41) is 5.24. The minimum Gasteiger partial charge on any atom is -0.456 e. The molecule has 2 heterocycles. The fourth-order valence-electron chi connectivity index (χ4n) is 2.42. The second-order valence-corrected chi connectivity index (χ2v) is 6.26. The molecule has 7 heteroatoms. The predicted molar refractivity (Wildman–Crippen MR) is 102 cm³/mol. The molecule has 0 bridgehead atoms. The number of fused-ring (bicyclic) bond motifs is 1. The van der Waals surface area contributed by atoms with Crippen LogP contribution < -0.4 is 21.5 Å². The number of hydrogen-bond donors (Lipinski definition) is 3. The van der Waals surface area contributed by atoms with Gasteiger partial charge in [0.1, 0.15) is 11.6 Å². The van der Waals surface area contributed by atoms with Crippen molar-refractivity contribution in [1.82, 2.24) is 0 Å². The number of halogens is 2. The van der Waals surface area contributed by atoms with Gasteiger partial charge in [0.15, 0.2) is 5.75 Å². The number of rotatable bonds is 3. The molecule has 1 aliphatic rings. The molecule has 3 rings (SSSR count). The molecule has 23 heavy (non-hydrogen) atoms. The molecule has 2 aromatic rings. The Bertz CT molecular complexity index is 699. The molecule has 5 N–H and O–H groups in total. The summed E-state index contributed by atoms with van der Waals surface area (Å²) in [5.41, 5.74) is 13.8. The van der Waals surface area contributed by atoms with Gasteiger partial charge in [-0.05, 0) is 36.1 Å². The first-order chi connectivity index (χ1) is 10.0. The van der Waals surface area contributed by atoms with Gasteiger partial charge in [0, 0.05) is 11.3 Å². The number of ether oxygens (including phenoxy) is 1. The molecule has 0 saturated heterocycles. The summed E-state index contributed by atoms with van der Waals surface area (Å²) < 4.78 is 5.81. The van der Waals surface area contributed by atoms with Crippen molar-refractivity contribution in [3.05, 3.63) is 57.7 Å². The summed E-state index contributed by atoms with van der Waals surface area (Å²) in [6.45, 7) is 4.03. The van der Waals surface area contributed by atoms with Crippen LogP contribution in [0.5, 0.6) is 5.75 Å². The molecular weight excluding hydrogens is 353 g/mol. The van der Waals surface area contributed by atoms with Gasteiger partial charge in [0.2, 0.25) is 0 Å². The van der Waals surface area contributed by atoms with Crippen molar-refractivity contribution in [3.63, 3.8) is 0 Å². The smallest absolute Gasteiger partial charge is 0.150 e. The van der Waals surface area contributed by atoms with Gasteiger partial charge < -0.3 is 21.5 Å². The normalized spacial score (nSPS) is 15.3. The lowest BCUT2D eigenvalue weighted by atomic mass is 9.91. The highest BCUT2D eigenvalue weighted by Crippen LogP contribution is 2.37. The minimum absolute atomic E-state index is 0. The van der Waals surface area contributed by atoms with Gasteiger partial charge >= 0.3 is 0 Å². The van der Waals surface area contributed by atoms with Crippen LogP contribution in [-0.2, 0) is 5.54 Å². The van der Waals surface area contributed by atoms with Crippen molar-refractivity contribution in [2.75, 3.05) is 5.32 Å². The third-order valence-electron chi connectivity index (χ3n) is 3.74. The number of benzene rings is 1. The van der Waals surface area contributed by atoms with E-state index in [4.69, 9.17) is 16.2 Å². The maximum Gasteiger partial charge on any atom is 0.150 e. The molecule has 1 aliphatic heterocycles. The predicted octanol–water partition coefficient (Wildman–Crippen LogP) is 4.16. The van der Waals surface area contributed by atoms with E-state index < -0.39 is 5.54 Å². The van der Waals surface area contributed by atoms with Gasteiger partial charge in [-0.15, -0.1) is 36.2 Å². The van der Waals surface area contributed by atoms with Crippen LogP contribution in [0.1, 0.15) is 30.7 Å². The number of anilines is 1. The number of allylic oxidation sites excluding steroid dienone is 1. The Morgan fingerprint density at radius 1 is 1.26 bits per heavy atom. The molecule has 0 amide bonds. The van der Waals surface area contributed by atoms with Crippen molar-refractivity contribution in [2.45, 2.75) is 25.8 Å². The van der Waals surface area contributed by atoms with Gasteiger partial charge in [-0.3, -0.25) is 0 Å². The van der Waals surface area contributed by atoms with E-state index in [1.165, 1.54) is 0 Å². The van der Waals surface area contributed by atoms with E-state index in [1.54, 1.807) is 11.3 Å². The van der Waals surface area contributed by atoms with Gasteiger partial charge in [-0.1, -0.05) is 19.1 Å². The van der Waals surface area contributed by atoms with Crippen molar-refractivity contribution in [1.29, 1.82) is 0 Å². The molecule has 1 atom stereocenters. The first-order valence-electron chi connectivity index (χ1n) is 6.93. The van der Waals surface area contributed by atoms with E-state index in [1.807, 2.05) is 43.5 Å². The number of thiophene rings is 1. The van der Waals surface area contributed by atoms with E-state index in [9.17, 15) is 0 Å². The molecule has 0 saturated carbocycles. The largest absolute Gasteiger partial charge is 0.456 e. The van der Waals surface area contributed by atoms with E-state index in [0.717, 1.165) is 34.1 Å². The highest BCUT2D eigenvalue weighted by molar-refractivity contribution is 7.10. The van der Waals surface area contributed by atoms with Crippen molar-refractivity contribution in [3.8, 4) is 5.75 Å². The Labute approximate surface area is 152 Å². The van der Waals surface area contributed by atoms with Crippen LogP contribution in [-0.4, -0.2) is 0 Å². The summed E-state index contributed by atoms with van der Waals surface area (Å²) in [5.74, 6) is 2.12. The topological polar surface area (TPSA) is 73.3 Å². The summed E-state index contributed by atoms with van der Waals surface area (Å²) in [7, 11) is 0. The van der Waals surface area contributed by atoms with Crippen LogP contribution in [0.3, 0.4) is 0 Å². The Hall–Kier alpha value is -1.40. The summed E-state index contributed by atoms with van der Waals surface area (Å²) in [6.07, 6.45) is 0.754. The number of nitrogens with two attached hydrogens (primary N) is 2. The van der Waals surface area contributed by atoms with E-state index in [-0.39, 0.29) is 24.8 Å². The molecule has 126 valence electrons. The SMILES string of the molecule is CCC1=C(N)Nc2cc(C(C)(N)c3cccs3)ccc2O1.Cl.Cl. The Morgan fingerprint density at radius 2 is 2.00 bits per heavy atom. The quantitative estimate of drug-likeness (QED) is 0.754. The molecular formula is C16H21Cl2N3OS. The maximum absolute atomic E-state index is 6.52. The van der Waals surface area contributed by atoms with Crippen LogP contribution in [0.2, 0.25) is 0 Å². The first-order valence-corrected chi connectivity index (χ1v) is 7.81. The zero-order chi connectivity index (χ0) is 15.0. The second kappa shape index (κ2) is 7.45. The van der Waals surface area contributed by atoms with Crippen molar-refractivity contribution >= 4 is 41.8 Å². The molecule has 0 fully saturated rings. The van der Waals surface area contributed by atoms with Crippen molar-refractivity contribution in [2.24, 2.45) is 11.5 Å². The third-order valence-corrected chi connectivity index (χ3v) is 4.84. The standard InChI is InChI=1S/C16H19N3OS.2ClH/c1-3-12-15(17)19-11-9-10(6-7-13(11)20-12)16(2,18)14-5-4-8-21-14;;/h4-9,19H,3,17-18H2,1-2H3;2*1H.